The summed E-state index contributed by atoms with van der Waals surface area (Å²) in [7, 11) is -4.29. The minimum atomic E-state index is -4.29. The molecule has 0 heterocycles. The number of sulfonamides is 1. The summed E-state index contributed by atoms with van der Waals surface area (Å²) < 4.78 is 53.8. The second-order valence-corrected chi connectivity index (χ2v) is 6.85. The average molecular weight is 377 g/mol. The first-order chi connectivity index (χ1) is 11.0. The molecule has 0 radical (unpaired) electrons. The predicted octanol–water partition coefficient (Wildman–Crippen LogP) is 2.58. The lowest BCUT2D eigenvalue weighted by atomic mass is 10.1. The first kappa shape index (κ1) is 20.5. The zero-order chi connectivity index (χ0) is 16.9. The van der Waals surface area contributed by atoms with Crippen LogP contribution in [0.1, 0.15) is 5.56 Å². The smallest absolute Gasteiger partial charge is 0.248 e. The molecule has 0 aliphatic heterocycles. The van der Waals surface area contributed by atoms with Crippen molar-refractivity contribution in [1.82, 2.24) is 4.31 Å². The lowest BCUT2D eigenvalue weighted by molar-refractivity contribution is 0.411. The van der Waals surface area contributed by atoms with E-state index in [9.17, 15) is 17.2 Å². The largest absolute Gasteiger partial charge is 0.329 e. The van der Waals surface area contributed by atoms with Crippen LogP contribution in [-0.4, -0.2) is 32.4 Å². The Morgan fingerprint density at radius 2 is 1.50 bits per heavy atom. The van der Waals surface area contributed by atoms with E-state index in [-0.39, 0.29) is 32.0 Å². The van der Waals surface area contributed by atoms with Gasteiger partial charge < -0.3 is 5.73 Å². The van der Waals surface area contributed by atoms with Crippen molar-refractivity contribution < 1.29 is 17.2 Å². The molecule has 0 atom stereocenters. The van der Waals surface area contributed by atoms with Crippen LogP contribution >= 0.6 is 12.4 Å². The minimum Gasteiger partial charge on any atom is -0.329 e. The average Bonchev–Trinajstić information content (AvgIpc) is 2.52. The van der Waals surface area contributed by atoms with Crippen LogP contribution in [0.2, 0.25) is 0 Å². The maximum absolute atomic E-state index is 13.8. The van der Waals surface area contributed by atoms with Gasteiger partial charge >= 0.3 is 0 Å². The number of halogens is 3. The number of hydrogen-bond acceptors (Lipinski definition) is 3. The molecule has 2 N–H and O–H groups in total. The van der Waals surface area contributed by atoms with Gasteiger partial charge in [-0.1, -0.05) is 36.4 Å². The summed E-state index contributed by atoms with van der Waals surface area (Å²) in [6.45, 7) is 0.143. The number of nitrogens with two attached hydrogens (primary N) is 1. The van der Waals surface area contributed by atoms with Gasteiger partial charge in [0.25, 0.3) is 0 Å². The van der Waals surface area contributed by atoms with E-state index < -0.39 is 26.6 Å². The second-order valence-electron chi connectivity index (χ2n) is 4.98. The lowest BCUT2D eigenvalue weighted by Gasteiger charge is -2.22. The molecule has 4 nitrogen and oxygen atoms in total. The molecule has 0 fully saturated rings. The number of benzene rings is 2. The fraction of sp³-hybridized carbons (Fsp3) is 0.250. The summed E-state index contributed by atoms with van der Waals surface area (Å²) >= 11 is 0. The van der Waals surface area contributed by atoms with E-state index in [1.54, 1.807) is 0 Å². The molecule has 0 saturated heterocycles. The molecular formula is C16H19ClF2N2O2S. The zero-order valence-corrected chi connectivity index (χ0v) is 14.5. The summed E-state index contributed by atoms with van der Waals surface area (Å²) in [5.41, 5.74) is 6.39. The summed E-state index contributed by atoms with van der Waals surface area (Å²) in [5, 5.41) is 0. The molecule has 0 aliphatic rings. The highest BCUT2D eigenvalue weighted by Gasteiger charge is 2.30. The van der Waals surface area contributed by atoms with Gasteiger partial charge in [-0.05, 0) is 24.1 Å². The molecule has 132 valence electrons. The van der Waals surface area contributed by atoms with Crippen molar-refractivity contribution in [3.63, 3.8) is 0 Å². The third-order valence-electron chi connectivity index (χ3n) is 3.39. The molecular weight excluding hydrogens is 358 g/mol. The lowest BCUT2D eigenvalue weighted by Crippen LogP contribution is -2.37. The van der Waals surface area contributed by atoms with Crippen LogP contribution in [0.3, 0.4) is 0 Å². The number of hydrogen-bond donors (Lipinski definition) is 1. The van der Waals surface area contributed by atoms with E-state index in [1.165, 1.54) is 0 Å². The monoisotopic (exact) mass is 376 g/mol. The van der Waals surface area contributed by atoms with Crippen molar-refractivity contribution in [1.29, 1.82) is 0 Å². The third-order valence-corrected chi connectivity index (χ3v) is 5.34. The highest BCUT2D eigenvalue weighted by molar-refractivity contribution is 7.89. The summed E-state index contributed by atoms with van der Waals surface area (Å²) in [6, 6.07) is 12.2. The molecule has 2 aromatic carbocycles. The molecule has 8 heteroatoms. The molecule has 0 unspecified atom stereocenters. The van der Waals surface area contributed by atoms with Crippen molar-refractivity contribution in [3.8, 4) is 0 Å². The predicted molar refractivity (Wildman–Crippen MR) is 91.6 cm³/mol. The van der Waals surface area contributed by atoms with E-state index in [0.717, 1.165) is 28.1 Å². The van der Waals surface area contributed by atoms with Crippen LogP contribution in [0.4, 0.5) is 8.78 Å². The topological polar surface area (TPSA) is 63.4 Å². The first-order valence-electron chi connectivity index (χ1n) is 7.15. The SMILES string of the molecule is Cl.NCCN(CCc1ccccc1)S(=O)(=O)c1c(F)cccc1F. The zero-order valence-electron chi connectivity index (χ0n) is 12.9. The maximum Gasteiger partial charge on any atom is 0.248 e. The van der Waals surface area contributed by atoms with E-state index >= 15 is 0 Å². The molecule has 0 saturated carbocycles. The van der Waals surface area contributed by atoms with Crippen molar-refractivity contribution in [2.75, 3.05) is 19.6 Å². The van der Waals surface area contributed by atoms with E-state index in [2.05, 4.69) is 0 Å². The first-order valence-corrected chi connectivity index (χ1v) is 8.59. The molecule has 0 spiro atoms. The number of nitrogens with zero attached hydrogens (tertiary/aromatic N) is 1. The van der Waals surface area contributed by atoms with Crippen molar-refractivity contribution in [2.45, 2.75) is 11.3 Å². The van der Waals surface area contributed by atoms with Crippen molar-refractivity contribution in [2.24, 2.45) is 5.73 Å². The van der Waals surface area contributed by atoms with Crippen LogP contribution in [0.5, 0.6) is 0 Å². The molecule has 24 heavy (non-hydrogen) atoms. The second kappa shape index (κ2) is 9.08. The normalized spacial score (nSPS) is 11.3. The highest BCUT2D eigenvalue weighted by atomic mass is 35.5. The maximum atomic E-state index is 13.8. The van der Waals surface area contributed by atoms with Crippen molar-refractivity contribution >= 4 is 22.4 Å². The van der Waals surface area contributed by atoms with Crippen LogP contribution in [-0.2, 0) is 16.4 Å². The van der Waals surface area contributed by atoms with Gasteiger partial charge in [0.15, 0.2) is 4.90 Å². The van der Waals surface area contributed by atoms with Gasteiger partial charge in [-0.2, -0.15) is 4.31 Å². The summed E-state index contributed by atoms with van der Waals surface area (Å²) in [5.74, 6) is -2.21. The van der Waals surface area contributed by atoms with Gasteiger partial charge in [-0.15, -0.1) is 12.4 Å². The quantitative estimate of drug-likeness (QED) is 0.807. The fourth-order valence-electron chi connectivity index (χ4n) is 2.25. The van der Waals surface area contributed by atoms with Gasteiger partial charge in [-0.3, -0.25) is 0 Å². The Labute approximate surface area is 146 Å². The van der Waals surface area contributed by atoms with E-state index in [0.29, 0.717) is 6.42 Å². The van der Waals surface area contributed by atoms with Crippen LogP contribution in [0.25, 0.3) is 0 Å². The molecule has 0 bridgehead atoms. The Balaban J connectivity index is 0.00000288. The van der Waals surface area contributed by atoms with Gasteiger partial charge in [0.1, 0.15) is 11.6 Å². The van der Waals surface area contributed by atoms with E-state index in [1.807, 2.05) is 30.3 Å². The standard InChI is InChI=1S/C16H18F2N2O2S.ClH/c17-14-7-4-8-15(18)16(14)23(21,22)20(12-10-19)11-9-13-5-2-1-3-6-13;/h1-8H,9-12,19H2;1H. The Morgan fingerprint density at radius 3 is 2.04 bits per heavy atom. The highest BCUT2D eigenvalue weighted by Crippen LogP contribution is 2.22. The van der Waals surface area contributed by atoms with Crippen molar-refractivity contribution in [3.05, 3.63) is 65.7 Å². The molecule has 0 aromatic heterocycles. The Kier molecular flexibility index (Phi) is 7.75. The third kappa shape index (κ3) is 4.73. The molecule has 0 aliphatic carbocycles. The summed E-state index contributed by atoms with van der Waals surface area (Å²) in [6.07, 6.45) is 0.427. The molecule has 0 amide bonds. The van der Waals surface area contributed by atoms with Gasteiger partial charge in [0.2, 0.25) is 10.0 Å². The van der Waals surface area contributed by atoms with Crippen LogP contribution in [0.15, 0.2) is 53.4 Å². The van der Waals surface area contributed by atoms with Gasteiger partial charge in [-0.25, -0.2) is 17.2 Å². The Bertz CT molecular complexity index is 738. The Hall–Kier alpha value is -1.54. The number of rotatable bonds is 7. The summed E-state index contributed by atoms with van der Waals surface area (Å²) in [4.78, 5) is -0.929. The van der Waals surface area contributed by atoms with Crippen LogP contribution < -0.4 is 5.73 Å². The molecule has 2 aromatic rings. The molecule has 2 rings (SSSR count). The van der Waals surface area contributed by atoms with Gasteiger partial charge in [0, 0.05) is 19.6 Å². The van der Waals surface area contributed by atoms with E-state index in [4.69, 9.17) is 5.73 Å². The Morgan fingerprint density at radius 1 is 0.917 bits per heavy atom. The fourth-order valence-corrected chi connectivity index (χ4v) is 3.82. The van der Waals surface area contributed by atoms with Gasteiger partial charge in [0.05, 0.1) is 0 Å². The van der Waals surface area contributed by atoms with Crippen LogP contribution in [0, 0.1) is 11.6 Å². The minimum absolute atomic E-state index is 0.